The first kappa shape index (κ1) is 14.7. The lowest BCUT2D eigenvalue weighted by atomic mass is 10.2. The summed E-state index contributed by atoms with van der Waals surface area (Å²) in [6, 6.07) is 7.14. The summed E-state index contributed by atoms with van der Waals surface area (Å²) < 4.78 is 24.8. The molecule has 0 saturated carbocycles. The lowest BCUT2D eigenvalue weighted by Gasteiger charge is -2.09. The monoisotopic (exact) mass is 319 g/mol. The molecule has 0 heterocycles. The molecule has 1 aromatic rings. The van der Waals surface area contributed by atoms with E-state index in [-0.39, 0.29) is 5.75 Å². The Morgan fingerprint density at radius 1 is 1.29 bits per heavy atom. The number of nitrogens with one attached hydrogen (secondary N) is 1. The summed E-state index contributed by atoms with van der Waals surface area (Å²) in [5.74, 6) is 0.209. The molecule has 0 amide bonds. The molecule has 1 atom stereocenters. The smallest absolute Gasteiger partial charge is 0.178 e. The van der Waals surface area contributed by atoms with Crippen LogP contribution in [0.2, 0.25) is 0 Å². The summed E-state index contributed by atoms with van der Waals surface area (Å²) in [4.78, 5) is 0.401. The van der Waals surface area contributed by atoms with Crippen molar-refractivity contribution in [3.8, 4) is 0 Å². The number of benzene rings is 1. The van der Waals surface area contributed by atoms with Gasteiger partial charge in [-0.2, -0.15) is 0 Å². The highest BCUT2D eigenvalue weighted by atomic mass is 79.9. The van der Waals surface area contributed by atoms with Gasteiger partial charge in [0.25, 0.3) is 0 Å². The Kier molecular flexibility index (Phi) is 5.62. The van der Waals surface area contributed by atoms with Gasteiger partial charge in [-0.15, -0.1) is 0 Å². The van der Waals surface area contributed by atoms with Crippen molar-refractivity contribution >= 4 is 25.8 Å². The van der Waals surface area contributed by atoms with Crippen molar-refractivity contribution in [2.24, 2.45) is 0 Å². The molecule has 0 radical (unpaired) electrons. The molecule has 0 aliphatic heterocycles. The highest BCUT2D eigenvalue weighted by Gasteiger charge is 2.14. The molecule has 1 rings (SSSR count). The fourth-order valence-electron chi connectivity index (χ4n) is 1.48. The molecule has 0 spiro atoms. The normalized spacial score (nSPS) is 13.6. The Bertz CT molecular complexity index is 442. The van der Waals surface area contributed by atoms with E-state index in [2.05, 4.69) is 21.2 Å². The third kappa shape index (κ3) is 4.77. The Hall–Kier alpha value is -0.390. The van der Waals surface area contributed by atoms with Crippen molar-refractivity contribution < 1.29 is 8.42 Å². The van der Waals surface area contributed by atoms with Crippen molar-refractivity contribution in [2.75, 3.05) is 12.8 Å². The molecule has 5 heteroatoms. The van der Waals surface area contributed by atoms with Gasteiger partial charge < -0.3 is 5.32 Å². The Balaban J connectivity index is 2.60. The van der Waals surface area contributed by atoms with E-state index < -0.39 is 9.84 Å². The molecule has 0 saturated heterocycles. The van der Waals surface area contributed by atoms with E-state index in [0.717, 1.165) is 10.9 Å². The maximum atomic E-state index is 12.0. The summed E-state index contributed by atoms with van der Waals surface area (Å²) in [5.41, 5.74) is 0. The Morgan fingerprint density at radius 2 is 1.88 bits per heavy atom. The lowest BCUT2D eigenvalue weighted by molar-refractivity contribution is 0.548. The van der Waals surface area contributed by atoms with Gasteiger partial charge in [-0.25, -0.2) is 8.42 Å². The first-order valence-electron chi connectivity index (χ1n) is 5.61. The van der Waals surface area contributed by atoms with Gasteiger partial charge >= 0.3 is 0 Å². The van der Waals surface area contributed by atoms with Gasteiger partial charge in [-0.3, -0.25) is 0 Å². The highest BCUT2D eigenvalue weighted by Crippen LogP contribution is 2.17. The van der Waals surface area contributed by atoms with Gasteiger partial charge in [0.1, 0.15) is 0 Å². The van der Waals surface area contributed by atoms with Crippen LogP contribution in [0.25, 0.3) is 0 Å². The second-order valence-corrected chi connectivity index (χ2v) is 7.13. The van der Waals surface area contributed by atoms with Crippen LogP contribution in [0.3, 0.4) is 0 Å². The van der Waals surface area contributed by atoms with Crippen LogP contribution in [-0.2, 0) is 9.84 Å². The first-order chi connectivity index (χ1) is 7.95. The van der Waals surface area contributed by atoms with E-state index in [1.165, 1.54) is 0 Å². The lowest BCUT2D eigenvalue weighted by Crippen LogP contribution is -2.22. The summed E-state index contributed by atoms with van der Waals surface area (Å²) in [6.45, 7) is 2.05. The van der Waals surface area contributed by atoms with Crippen LogP contribution in [0.4, 0.5) is 0 Å². The number of hydrogen-bond acceptors (Lipinski definition) is 3. The van der Waals surface area contributed by atoms with E-state index in [9.17, 15) is 8.42 Å². The summed E-state index contributed by atoms with van der Waals surface area (Å²) in [5, 5.41) is 3.10. The predicted molar refractivity (Wildman–Crippen MR) is 74.0 cm³/mol. The van der Waals surface area contributed by atoms with Crippen molar-refractivity contribution in [1.82, 2.24) is 5.32 Å². The maximum absolute atomic E-state index is 12.0. The van der Waals surface area contributed by atoms with Crippen LogP contribution in [0.5, 0.6) is 0 Å². The van der Waals surface area contributed by atoms with Crippen molar-refractivity contribution in [3.05, 3.63) is 28.7 Å². The average molecular weight is 320 g/mol. The molecule has 1 unspecified atom stereocenters. The second-order valence-electron chi connectivity index (χ2n) is 4.10. The third-order valence-electron chi connectivity index (χ3n) is 2.72. The Morgan fingerprint density at radius 3 is 2.41 bits per heavy atom. The minimum Gasteiger partial charge on any atom is -0.317 e. The van der Waals surface area contributed by atoms with Crippen molar-refractivity contribution in [2.45, 2.75) is 30.7 Å². The predicted octanol–water partition coefficient (Wildman–Crippen LogP) is 2.61. The van der Waals surface area contributed by atoms with Gasteiger partial charge in [0.05, 0.1) is 10.6 Å². The number of rotatable bonds is 6. The number of sulfone groups is 1. The second kappa shape index (κ2) is 6.52. The van der Waals surface area contributed by atoms with Gasteiger partial charge in [-0.05, 0) is 51.1 Å². The topological polar surface area (TPSA) is 46.2 Å². The molecule has 17 heavy (non-hydrogen) atoms. The fraction of sp³-hybridized carbons (Fsp3) is 0.500. The van der Waals surface area contributed by atoms with Crippen LogP contribution < -0.4 is 5.32 Å². The maximum Gasteiger partial charge on any atom is 0.178 e. The molecule has 96 valence electrons. The summed E-state index contributed by atoms with van der Waals surface area (Å²) in [7, 11) is -1.25. The molecule has 1 N–H and O–H groups in total. The van der Waals surface area contributed by atoms with Crippen LogP contribution in [0.1, 0.15) is 19.8 Å². The average Bonchev–Trinajstić information content (AvgIpc) is 2.29. The molecule has 0 aliphatic rings. The largest absolute Gasteiger partial charge is 0.317 e. The minimum atomic E-state index is -3.13. The zero-order valence-corrected chi connectivity index (χ0v) is 12.5. The molecular weight excluding hydrogens is 302 g/mol. The first-order valence-corrected chi connectivity index (χ1v) is 8.06. The standard InChI is InChI=1S/C12H18BrNO2S/c1-10(14-2)4-3-9-17(15,16)12-7-5-11(13)6-8-12/h5-8,10,14H,3-4,9H2,1-2H3. The van der Waals surface area contributed by atoms with E-state index >= 15 is 0 Å². The van der Waals surface area contributed by atoms with Crippen LogP contribution in [-0.4, -0.2) is 27.3 Å². The SMILES string of the molecule is CNC(C)CCCS(=O)(=O)c1ccc(Br)cc1. The molecule has 0 fully saturated rings. The number of hydrogen-bond donors (Lipinski definition) is 1. The molecule has 0 aliphatic carbocycles. The van der Waals surface area contributed by atoms with E-state index in [1.54, 1.807) is 24.3 Å². The van der Waals surface area contributed by atoms with E-state index in [1.807, 2.05) is 14.0 Å². The van der Waals surface area contributed by atoms with Crippen molar-refractivity contribution in [1.29, 1.82) is 0 Å². The molecule has 0 aromatic heterocycles. The van der Waals surface area contributed by atoms with E-state index in [4.69, 9.17) is 0 Å². The molecule has 0 bridgehead atoms. The quantitative estimate of drug-likeness (QED) is 0.876. The zero-order chi connectivity index (χ0) is 12.9. The van der Waals surface area contributed by atoms with Gasteiger partial charge in [-0.1, -0.05) is 15.9 Å². The zero-order valence-electron chi connectivity index (χ0n) is 10.1. The Labute approximate surface area is 112 Å². The van der Waals surface area contributed by atoms with Gasteiger partial charge in [0.2, 0.25) is 0 Å². The highest BCUT2D eigenvalue weighted by molar-refractivity contribution is 9.10. The van der Waals surface area contributed by atoms with Gasteiger partial charge in [0, 0.05) is 10.5 Å². The molecule has 3 nitrogen and oxygen atoms in total. The molecular formula is C12H18BrNO2S. The van der Waals surface area contributed by atoms with Crippen LogP contribution in [0.15, 0.2) is 33.6 Å². The summed E-state index contributed by atoms with van der Waals surface area (Å²) >= 11 is 3.29. The number of halogens is 1. The van der Waals surface area contributed by atoms with Crippen LogP contribution >= 0.6 is 15.9 Å². The molecule has 1 aromatic carbocycles. The van der Waals surface area contributed by atoms with Gasteiger partial charge in [0.15, 0.2) is 9.84 Å². The van der Waals surface area contributed by atoms with Crippen LogP contribution in [0, 0.1) is 0 Å². The minimum absolute atomic E-state index is 0.209. The summed E-state index contributed by atoms with van der Waals surface area (Å²) in [6.07, 6.45) is 1.55. The van der Waals surface area contributed by atoms with E-state index in [0.29, 0.717) is 17.4 Å². The van der Waals surface area contributed by atoms with Crippen molar-refractivity contribution in [3.63, 3.8) is 0 Å². The third-order valence-corrected chi connectivity index (χ3v) is 5.06. The fourth-order valence-corrected chi connectivity index (χ4v) is 3.08.